The average Bonchev–Trinajstić information content (AvgIpc) is 2.83. The molecule has 1 heterocycles. The first-order chi connectivity index (χ1) is 17.8. The molecule has 1 aliphatic heterocycles. The van der Waals surface area contributed by atoms with E-state index in [1.807, 2.05) is 0 Å². The molecule has 4 unspecified atom stereocenters. The van der Waals surface area contributed by atoms with Gasteiger partial charge in [0.25, 0.3) is 0 Å². The summed E-state index contributed by atoms with van der Waals surface area (Å²) in [7, 11) is -6.14. The number of para-hydroxylation sites is 2. The van der Waals surface area contributed by atoms with Gasteiger partial charge in [0.2, 0.25) is 0 Å². The summed E-state index contributed by atoms with van der Waals surface area (Å²) in [6, 6.07) is 23.2. The van der Waals surface area contributed by atoms with Crippen LogP contribution in [-0.4, -0.2) is 61.6 Å². The average molecular weight is 592 g/mol. The second kappa shape index (κ2) is 12.6. The summed E-state index contributed by atoms with van der Waals surface area (Å²) in [4.78, 5) is 2.32. The number of hydrogen-bond acceptors (Lipinski definition) is 5. The molecule has 0 N–H and O–H groups in total. The molecule has 1 saturated heterocycles. The topological polar surface area (TPSA) is 40.2 Å². The predicted octanol–water partition coefficient (Wildman–Crippen LogP) is 7.46. The van der Waals surface area contributed by atoms with Gasteiger partial charge < -0.3 is 25.5 Å². The standard InChI is InChI=1S/C28H51N2O4Si4/c1-10-24-30(4,28-21-16-13-17-22-28)38(9)32-35(5,6)31-37(8,33-36(7,34-38)25-11-2)26-18-23-29(3)27-19-14-12-15-20-27/h12-17,19-22H,10-11,18,23-26H2,1-9H3/q+1. The van der Waals surface area contributed by atoms with Crippen LogP contribution in [0.3, 0.4) is 0 Å². The molecule has 0 bridgehead atoms. The third-order valence-corrected chi connectivity index (χ3v) is 26.5. The van der Waals surface area contributed by atoms with Crippen LogP contribution >= 0.6 is 0 Å². The van der Waals surface area contributed by atoms with E-state index in [-0.39, 0.29) is 0 Å². The highest BCUT2D eigenvalue weighted by atomic mass is 28.5. The smallest absolute Gasteiger partial charge is 0.416 e. The van der Waals surface area contributed by atoms with E-state index in [1.54, 1.807) is 0 Å². The lowest BCUT2D eigenvalue weighted by Gasteiger charge is -2.53. The lowest BCUT2D eigenvalue weighted by Crippen LogP contribution is -2.78. The van der Waals surface area contributed by atoms with Crippen molar-refractivity contribution in [2.24, 2.45) is 0 Å². The van der Waals surface area contributed by atoms with Crippen molar-refractivity contribution in [2.75, 3.05) is 32.1 Å². The van der Waals surface area contributed by atoms with Crippen molar-refractivity contribution >= 4 is 45.8 Å². The molecule has 212 valence electrons. The minimum Gasteiger partial charge on any atom is -0.416 e. The Hall–Kier alpha value is -1.09. The van der Waals surface area contributed by atoms with Crippen LogP contribution in [0.5, 0.6) is 0 Å². The van der Waals surface area contributed by atoms with Gasteiger partial charge in [-0.25, -0.2) is 0 Å². The van der Waals surface area contributed by atoms with E-state index in [0.717, 1.165) is 44.4 Å². The Kier molecular flexibility index (Phi) is 10.4. The fourth-order valence-electron chi connectivity index (χ4n) is 6.00. The number of rotatable bonds is 11. The molecule has 0 spiro atoms. The summed E-state index contributed by atoms with van der Waals surface area (Å²) in [5, 5.41) is 0. The van der Waals surface area contributed by atoms with Gasteiger partial charge in [-0.2, -0.15) is 0 Å². The predicted molar refractivity (Wildman–Crippen MR) is 170 cm³/mol. The van der Waals surface area contributed by atoms with Crippen LogP contribution in [0.15, 0.2) is 60.7 Å². The maximum absolute atomic E-state index is 7.39. The van der Waals surface area contributed by atoms with E-state index >= 15 is 0 Å². The molecule has 1 fully saturated rings. The monoisotopic (exact) mass is 591 g/mol. The van der Waals surface area contributed by atoms with Gasteiger partial charge in [0.05, 0.1) is 13.6 Å². The lowest BCUT2D eigenvalue weighted by molar-refractivity contribution is 0.188. The number of hydrogen-bond donors (Lipinski definition) is 0. The minimum atomic E-state index is -2.87. The van der Waals surface area contributed by atoms with Gasteiger partial charge in [0.1, 0.15) is 5.69 Å². The van der Waals surface area contributed by atoms with Gasteiger partial charge in [0, 0.05) is 25.8 Å². The van der Waals surface area contributed by atoms with Crippen molar-refractivity contribution in [3.05, 3.63) is 60.7 Å². The summed E-state index contributed by atoms with van der Waals surface area (Å²) in [6.45, 7) is 17.5. The molecule has 10 heteroatoms. The van der Waals surface area contributed by atoms with Gasteiger partial charge in [-0.1, -0.05) is 56.7 Å². The van der Waals surface area contributed by atoms with E-state index in [0.29, 0.717) is 4.15 Å². The van der Waals surface area contributed by atoms with Crippen molar-refractivity contribution in [1.82, 2.24) is 4.15 Å². The first kappa shape index (κ1) is 31.4. The van der Waals surface area contributed by atoms with Crippen molar-refractivity contribution in [3.63, 3.8) is 0 Å². The molecule has 4 atom stereocenters. The van der Waals surface area contributed by atoms with Gasteiger partial charge in [-0.05, 0) is 75.4 Å². The van der Waals surface area contributed by atoms with Crippen molar-refractivity contribution in [2.45, 2.75) is 77.9 Å². The molecule has 0 aromatic heterocycles. The first-order valence-corrected chi connectivity index (χ1v) is 24.4. The number of nitrogens with zero attached hydrogens (tertiary/aromatic N) is 2. The molecular formula is C28H51N2O4Si4+. The van der Waals surface area contributed by atoms with E-state index in [2.05, 4.69) is 126 Å². The number of benzene rings is 2. The Bertz CT molecular complexity index is 1020. The van der Waals surface area contributed by atoms with E-state index in [1.165, 1.54) is 11.4 Å². The third kappa shape index (κ3) is 7.55. The molecule has 0 aliphatic carbocycles. The lowest BCUT2D eigenvalue weighted by atomic mass is 10.3. The van der Waals surface area contributed by atoms with E-state index in [9.17, 15) is 0 Å². The van der Waals surface area contributed by atoms with Crippen LogP contribution in [0.25, 0.3) is 0 Å². The van der Waals surface area contributed by atoms with E-state index in [4.69, 9.17) is 16.5 Å². The van der Waals surface area contributed by atoms with Crippen molar-refractivity contribution in [3.8, 4) is 0 Å². The maximum atomic E-state index is 7.39. The highest BCUT2D eigenvalue weighted by Crippen LogP contribution is 2.40. The third-order valence-electron chi connectivity index (χ3n) is 7.65. The van der Waals surface area contributed by atoms with Gasteiger partial charge >= 0.3 is 34.4 Å². The SMILES string of the molecule is CCC[N+](C)(c1ccccc1)[Si]1(C)O[Si](C)(C)O[Si](C)(CCCN(C)c2ccccc2)O[Si](C)(CCC)O1. The van der Waals surface area contributed by atoms with Crippen LogP contribution in [0.4, 0.5) is 11.4 Å². The summed E-state index contributed by atoms with van der Waals surface area (Å²) in [5.41, 5.74) is 2.48. The summed E-state index contributed by atoms with van der Waals surface area (Å²) in [5.74, 6) is 0. The van der Waals surface area contributed by atoms with Crippen molar-refractivity contribution in [1.29, 1.82) is 0 Å². The molecule has 3 rings (SSSR count). The molecule has 2 aromatic carbocycles. The number of quaternary nitrogens is 1. The van der Waals surface area contributed by atoms with E-state index < -0.39 is 34.4 Å². The highest BCUT2D eigenvalue weighted by molar-refractivity contribution is 6.93. The Balaban J connectivity index is 1.90. The summed E-state index contributed by atoms with van der Waals surface area (Å²) < 4.78 is 29.6. The Labute approximate surface area is 236 Å². The van der Waals surface area contributed by atoms with Crippen LogP contribution in [0, 0.1) is 0 Å². The molecular weight excluding hydrogens is 541 g/mol. The molecule has 0 radical (unpaired) electrons. The minimum absolute atomic E-state index is 0.667. The first-order valence-electron chi connectivity index (χ1n) is 14.3. The molecule has 6 nitrogen and oxygen atoms in total. The van der Waals surface area contributed by atoms with Gasteiger partial charge in [-0.15, -0.1) is 0 Å². The summed E-state index contributed by atoms with van der Waals surface area (Å²) in [6.07, 6.45) is 3.08. The maximum Gasteiger partial charge on any atom is 0.586 e. The largest absolute Gasteiger partial charge is 0.586 e. The Morgan fingerprint density at radius 2 is 1.29 bits per heavy atom. The molecule has 1 aliphatic rings. The van der Waals surface area contributed by atoms with Crippen LogP contribution in [-0.2, 0) is 16.5 Å². The second-order valence-corrected chi connectivity index (χ2v) is 26.2. The second-order valence-electron chi connectivity index (χ2n) is 11.8. The molecule has 0 saturated carbocycles. The molecule has 0 amide bonds. The summed E-state index contributed by atoms with van der Waals surface area (Å²) >= 11 is 0. The van der Waals surface area contributed by atoms with Crippen molar-refractivity contribution < 1.29 is 16.5 Å². The zero-order valence-corrected chi connectivity index (χ0v) is 29.3. The molecule has 2 aromatic rings. The molecule has 38 heavy (non-hydrogen) atoms. The Morgan fingerprint density at radius 1 is 0.711 bits per heavy atom. The van der Waals surface area contributed by atoms with Crippen LogP contribution in [0.2, 0.25) is 44.8 Å². The van der Waals surface area contributed by atoms with Gasteiger partial charge in [0.15, 0.2) is 0 Å². The fraction of sp³-hybridized carbons (Fsp3) is 0.571. The highest BCUT2D eigenvalue weighted by Gasteiger charge is 2.65. The normalized spacial score (nSPS) is 29.2. The zero-order chi connectivity index (χ0) is 28.1. The van der Waals surface area contributed by atoms with Gasteiger partial charge in [-0.3, -0.25) is 0 Å². The van der Waals surface area contributed by atoms with Crippen LogP contribution < -0.4 is 9.05 Å². The zero-order valence-electron chi connectivity index (χ0n) is 25.3. The van der Waals surface area contributed by atoms with Crippen LogP contribution in [0.1, 0.15) is 33.1 Å². The Morgan fingerprint density at radius 3 is 1.87 bits per heavy atom. The number of anilines is 1. The quantitative estimate of drug-likeness (QED) is 0.254. The fourth-order valence-corrected chi connectivity index (χ4v) is 29.0.